The normalized spacial score (nSPS) is 33.1. The van der Waals surface area contributed by atoms with Crippen LogP contribution in [-0.2, 0) is 4.79 Å². The van der Waals surface area contributed by atoms with E-state index >= 15 is 0 Å². The van der Waals surface area contributed by atoms with Crippen molar-refractivity contribution in [1.82, 2.24) is 10.2 Å². The monoisotopic (exact) mass is 270 g/mol. The van der Waals surface area contributed by atoms with Crippen molar-refractivity contribution in [3.8, 4) is 0 Å². The van der Waals surface area contributed by atoms with Gasteiger partial charge in [-0.2, -0.15) is 11.8 Å². The summed E-state index contributed by atoms with van der Waals surface area (Å²) >= 11 is 2.04. The summed E-state index contributed by atoms with van der Waals surface area (Å²) in [4.78, 5) is 14.7. The molecule has 1 amide bonds. The predicted octanol–water partition coefficient (Wildman–Crippen LogP) is 2.26. The minimum absolute atomic E-state index is 0.0802. The van der Waals surface area contributed by atoms with Gasteiger partial charge in [0.15, 0.2) is 0 Å². The van der Waals surface area contributed by atoms with Crippen LogP contribution < -0.4 is 5.32 Å². The zero-order valence-electron chi connectivity index (χ0n) is 11.7. The summed E-state index contributed by atoms with van der Waals surface area (Å²) in [5.41, 5.74) is 0. The highest BCUT2D eigenvalue weighted by molar-refractivity contribution is 7.99. The van der Waals surface area contributed by atoms with Crippen molar-refractivity contribution in [3.05, 3.63) is 0 Å². The standard InChI is InChI=1S/C14H26N2OS/c1-3-15-11-7-6-10-16(14(11)17)12-8-5-9-13(12)18-4-2/h11-13,15H,3-10H2,1-2H3. The van der Waals surface area contributed by atoms with E-state index in [2.05, 4.69) is 24.1 Å². The van der Waals surface area contributed by atoms with Crippen LogP contribution in [0.25, 0.3) is 0 Å². The molecular weight excluding hydrogens is 244 g/mol. The lowest BCUT2D eigenvalue weighted by Crippen LogP contribution is -2.55. The highest BCUT2D eigenvalue weighted by atomic mass is 32.2. The SMILES string of the molecule is CCNC1CCCN(C2CCCC2SCC)C1=O. The molecule has 2 fully saturated rings. The van der Waals surface area contributed by atoms with Gasteiger partial charge in [0, 0.05) is 17.8 Å². The predicted molar refractivity (Wildman–Crippen MR) is 78.0 cm³/mol. The van der Waals surface area contributed by atoms with Gasteiger partial charge >= 0.3 is 0 Å². The summed E-state index contributed by atoms with van der Waals surface area (Å²) in [6.07, 6.45) is 5.96. The van der Waals surface area contributed by atoms with E-state index in [1.165, 1.54) is 25.0 Å². The molecule has 0 aromatic heterocycles. The molecule has 3 unspecified atom stereocenters. The van der Waals surface area contributed by atoms with Crippen molar-refractivity contribution >= 4 is 17.7 Å². The minimum atomic E-state index is 0.0802. The Balaban J connectivity index is 2.00. The lowest BCUT2D eigenvalue weighted by Gasteiger charge is -2.39. The smallest absolute Gasteiger partial charge is 0.239 e. The number of nitrogens with one attached hydrogen (secondary N) is 1. The molecule has 1 aliphatic carbocycles. The van der Waals surface area contributed by atoms with E-state index in [-0.39, 0.29) is 6.04 Å². The maximum absolute atomic E-state index is 12.5. The van der Waals surface area contributed by atoms with Crippen LogP contribution >= 0.6 is 11.8 Å². The summed E-state index contributed by atoms with van der Waals surface area (Å²) in [6.45, 7) is 6.17. The first-order valence-corrected chi connectivity index (χ1v) is 8.48. The van der Waals surface area contributed by atoms with Gasteiger partial charge in [-0.25, -0.2) is 0 Å². The molecule has 104 valence electrons. The van der Waals surface area contributed by atoms with Crippen molar-refractivity contribution in [2.24, 2.45) is 0 Å². The van der Waals surface area contributed by atoms with Crippen molar-refractivity contribution < 1.29 is 4.79 Å². The first kappa shape index (κ1) is 14.2. The highest BCUT2D eigenvalue weighted by Crippen LogP contribution is 2.34. The van der Waals surface area contributed by atoms with Gasteiger partial charge in [-0.3, -0.25) is 4.79 Å². The van der Waals surface area contributed by atoms with Gasteiger partial charge in [0.05, 0.1) is 6.04 Å². The van der Waals surface area contributed by atoms with Crippen LogP contribution in [0.4, 0.5) is 0 Å². The van der Waals surface area contributed by atoms with Crippen LogP contribution in [0.2, 0.25) is 0 Å². The van der Waals surface area contributed by atoms with Crippen LogP contribution in [0, 0.1) is 0 Å². The molecule has 0 radical (unpaired) electrons. The van der Waals surface area contributed by atoms with Crippen molar-refractivity contribution in [1.29, 1.82) is 0 Å². The van der Waals surface area contributed by atoms with E-state index in [4.69, 9.17) is 0 Å². The molecule has 0 spiro atoms. The number of carbonyl (C=O) groups is 1. The molecule has 3 nitrogen and oxygen atoms in total. The second kappa shape index (κ2) is 6.80. The minimum Gasteiger partial charge on any atom is -0.337 e. The zero-order valence-corrected chi connectivity index (χ0v) is 12.5. The third-order valence-electron chi connectivity index (χ3n) is 4.12. The Hall–Kier alpha value is -0.220. The van der Waals surface area contributed by atoms with Crippen LogP contribution in [0.1, 0.15) is 46.0 Å². The Kier molecular flexibility index (Phi) is 5.37. The fourth-order valence-electron chi connectivity index (χ4n) is 3.34. The van der Waals surface area contributed by atoms with Crippen molar-refractivity contribution in [2.75, 3.05) is 18.8 Å². The van der Waals surface area contributed by atoms with Gasteiger partial charge < -0.3 is 10.2 Å². The molecule has 1 heterocycles. The second-order valence-electron chi connectivity index (χ2n) is 5.28. The number of nitrogens with zero attached hydrogens (tertiary/aromatic N) is 1. The van der Waals surface area contributed by atoms with E-state index in [1.54, 1.807) is 0 Å². The Bertz CT molecular complexity index is 283. The number of likely N-dealkylation sites (tertiary alicyclic amines) is 1. The quantitative estimate of drug-likeness (QED) is 0.832. The number of carbonyl (C=O) groups excluding carboxylic acids is 1. The Morgan fingerprint density at radius 2 is 2.11 bits per heavy atom. The number of thioether (sulfide) groups is 1. The maximum Gasteiger partial charge on any atom is 0.239 e. The van der Waals surface area contributed by atoms with E-state index < -0.39 is 0 Å². The fraction of sp³-hybridized carbons (Fsp3) is 0.929. The molecule has 1 saturated carbocycles. The average molecular weight is 270 g/mol. The van der Waals surface area contributed by atoms with Gasteiger partial charge in [-0.15, -0.1) is 0 Å². The number of likely N-dealkylation sites (N-methyl/N-ethyl adjacent to an activating group) is 1. The van der Waals surface area contributed by atoms with Gasteiger partial charge in [0.2, 0.25) is 5.91 Å². The van der Waals surface area contributed by atoms with E-state index in [9.17, 15) is 4.79 Å². The highest BCUT2D eigenvalue weighted by Gasteiger charge is 2.38. The fourth-order valence-corrected chi connectivity index (χ4v) is 4.60. The zero-order chi connectivity index (χ0) is 13.0. The van der Waals surface area contributed by atoms with Crippen molar-refractivity contribution in [2.45, 2.75) is 63.3 Å². The average Bonchev–Trinajstić information content (AvgIpc) is 2.81. The Morgan fingerprint density at radius 3 is 2.83 bits per heavy atom. The molecule has 2 aliphatic rings. The van der Waals surface area contributed by atoms with E-state index in [0.717, 1.165) is 25.9 Å². The lowest BCUT2D eigenvalue weighted by molar-refractivity contribution is -0.138. The molecular formula is C14H26N2OS. The third kappa shape index (κ3) is 3.02. The number of piperidine rings is 1. The molecule has 1 N–H and O–H groups in total. The molecule has 3 atom stereocenters. The number of hydrogen-bond donors (Lipinski definition) is 1. The summed E-state index contributed by atoms with van der Waals surface area (Å²) in [5.74, 6) is 1.52. The van der Waals surface area contributed by atoms with Crippen molar-refractivity contribution in [3.63, 3.8) is 0 Å². The van der Waals surface area contributed by atoms with Crippen LogP contribution in [0.3, 0.4) is 0 Å². The van der Waals surface area contributed by atoms with Crippen LogP contribution in [-0.4, -0.2) is 47.0 Å². The largest absolute Gasteiger partial charge is 0.337 e. The van der Waals surface area contributed by atoms with Crippen LogP contribution in [0.5, 0.6) is 0 Å². The number of hydrogen-bond acceptors (Lipinski definition) is 3. The molecule has 0 aromatic rings. The first-order chi connectivity index (χ1) is 8.77. The molecule has 1 saturated heterocycles. The Morgan fingerprint density at radius 1 is 1.28 bits per heavy atom. The molecule has 1 aliphatic heterocycles. The Labute approximate surface area is 115 Å². The van der Waals surface area contributed by atoms with Gasteiger partial charge in [0.25, 0.3) is 0 Å². The lowest BCUT2D eigenvalue weighted by atomic mass is 10.0. The molecule has 2 rings (SSSR count). The third-order valence-corrected chi connectivity index (χ3v) is 5.43. The number of rotatable bonds is 5. The first-order valence-electron chi connectivity index (χ1n) is 7.43. The van der Waals surface area contributed by atoms with E-state index in [0.29, 0.717) is 17.2 Å². The van der Waals surface area contributed by atoms with Gasteiger partial charge in [-0.05, 0) is 38.0 Å². The summed E-state index contributed by atoms with van der Waals surface area (Å²) < 4.78 is 0. The second-order valence-corrected chi connectivity index (χ2v) is 6.79. The van der Waals surface area contributed by atoms with Gasteiger partial charge in [0.1, 0.15) is 0 Å². The van der Waals surface area contributed by atoms with E-state index in [1.807, 2.05) is 11.8 Å². The molecule has 18 heavy (non-hydrogen) atoms. The van der Waals surface area contributed by atoms with Gasteiger partial charge in [-0.1, -0.05) is 20.3 Å². The summed E-state index contributed by atoms with van der Waals surface area (Å²) in [5, 5.41) is 4.02. The number of amides is 1. The summed E-state index contributed by atoms with van der Waals surface area (Å²) in [6, 6.07) is 0.584. The molecule has 0 bridgehead atoms. The molecule has 0 aromatic carbocycles. The maximum atomic E-state index is 12.5. The molecule has 4 heteroatoms. The van der Waals surface area contributed by atoms with Crippen LogP contribution in [0.15, 0.2) is 0 Å². The topological polar surface area (TPSA) is 32.3 Å². The summed E-state index contributed by atoms with van der Waals surface area (Å²) in [7, 11) is 0.